The number of rotatable bonds is 1. The molecular formula is C10H17N3S. The van der Waals surface area contributed by atoms with E-state index < -0.39 is 0 Å². The monoisotopic (exact) mass is 211 g/mol. The van der Waals surface area contributed by atoms with Gasteiger partial charge in [0.05, 0.1) is 11.4 Å². The van der Waals surface area contributed by atoms with Crippen LogP contribution in [0.5, 0.6) is 0 Å². The molecule has 0 atom stereocenters. The molecule has 78 valence electrons. The minimum absolute atomic E-state index is 0.270. The first-order valence-electron chi connectivity index (χ1n) is 5.04. The van der Waals surface area contributed by atoms with Gasteiger partial charge in [-0.1, -0.05) is 11.8 Å². The van der Waals surface area contributed by atoms with E-state index in [0.717, 1.165) is 18.8 Å². The summed E-state index contributed by atoms with van der Waals surface area (Å²) in [6.07, 6.45) is 0. The SMILES string of the molecule is CCn1nc(C)c2c1SC(C)(C)CN2. The number of nitrogens with zero attached hydrogens (tertiary/aromatic N) is 2. The molecule has 14 heavy (non-hydrogen) atoms. The van der Waals surface area contributed by atoms with Gasteiger partial charge in [-0.3, -0.25) is 4.68 Å². The number of hydrogen-bond donors (Lipinski definition) is 1. The highest BCUT2D eigenvalue weighted by Gasteiger charge is 2.30. The van der Waals surface area contributed by atoms with E-state index in [-0.39, 0.29) is 4.75 Å². The number of nitrogens with one attached hydrogen (secondary N) is 1. The average molecular weight is 211 g/mol. The summed E-state index contributed by atoms with van der Waals surface area (Å²) >= 11 is 1.92. The maximum atomic E-state index is 4.51. The third-order valence-electron chi connectivity index (χ3n) is 2.44. The van der Waals surface area contributed by atoms with Gasteiger partial charge < -0.3 is 5.32 Å². The Labute approximate surface area is 89.3 Å². The van der Waals surface area contributed by atoms with Gasteiger partial charge in [0.1, 0.15) is 5.03 Å². The van der Waals surface area contributed by atoms with Gasteiger partial charge in [-0.15, -0.1) is 0 Å². The van der Waals surface area contributed by atoms with Crippen molar-refractivity contribution in [1.29, 1.82) is 0 Å². The third kappa shape index (κ3) is 1.52. The first-order valence-corrected chi connectivity index (χ1v) is 5.85. The quantitative estimate of drug-likeness (QED) is 0.774. The van der Waals surface area contributed by atoms with E-state index in [2.05, 4.69) is 42.8 Å². The summed E-state index contributed by atoms with van der Waals surface area (Å²) < 4.78 is 2.36. The molecular weight excluding hydrogens is 194 g/mol. The first-order chi connectivity index (χ1) is 6.53. The lowest BCUT2D eigenvalue weighted by atomic mass is 10.2. The van der Waals surface area contributed by atoms with Crippen molar-refractivity contribution in [2.75, 3.05) is 11.9 Å². The Bertz CT molecular complexity index is 354. The van der Waals surface area contributed by atoms with Crippen LogP contribution in [0, 0.1) is 6.92 Å². The molecule has 0 aromatic carbocycles. The van der Waals surface area contributed by atoms with Crippen molar-refractivity contribution in [1.82, 2.24) is 9.78 Å². The summed E-state index contributed by atoms with van der Waals surface area (Å²) in [4.78, 5) is 0. The lowest BCUT2D eigenvalue weighted by molar-refractivity contribution is 0.594. The predicted molar refractivity (Wildman–Crippen MR) is 61.1 cm³/mol. The van der Waals surface area contributed by atoms with Gasteiger partial charge in [0, 0.05) is 17.8 Å². The molecule has 0 radical (unpaired) electrons. The zero-order valence-corrected chi connectivity index (χ0v) is 10.0. The van der Waals surface area contributed by atoms with Crippen LogP contribution in [0.3, 0.4) is 0 Å². The smallest absolute Gasteiger partial charge is 0.118 e. The molecule has 0 bridgehead atoms. The second-order valence-corrected chi connectivity index (χ2v) is 5.99. The molecule has 4 heteroatoms. The Balaban J connectivity index is 2.44. The summed E-state index contributed by atoms with van der Waals surface area (Å²) in [6, 6.07) is 0. The van der Waals surface area contributed by atoms with Crippen LogP contribution in [0.25, 0.3) is 0 Å². The predicted octanol–water partition coefficient (Wildman–Crippen LogP) is 2.51. The van der Waals surface area contributed by atoms with E-state index in [4.69, 9.17) is 0 Å². The molecule has 0 spiro atoms. The molecule has 1 aliphatic rings. The number of thioether (sulfide) groups is 1. The summed E-state index contributed by atoms with van der Waals surface area (Å²) in [6.45, 7) is 10.7. The molecule has 0 aliphatic carbocycles. The van der Waals surface area contributed by atoms with Crippen LogP contribution >= 0.6 is 11.8 Å². The van der Waals surface area contributed by atoms with Crippen LogP contribution in [0.2, 0.25) is 0 Å². The number of aryl methyl sites for hydroxylation is 2. The minimum Gasteiger partial charge on any atom is -0.380 e. The van der Waals surface area contributed by atoms with Crippen molar-refractivity contribution in [3.05, 3.63) is 5.69 Å². The van der Waals surface area contributed by atoms with Gasteiger partial charge >= 0.3 is 0 Å². The number of hydrogen-bond acceptors (Lipinski definition) is 3. The fourth-order valence-corrected chi connectivity index (χ4v) is 2.95. The Morgan fingerprint density at radius 1 is 1.57 bits per heavy atom. The summed E-state index contributed by atoms with van der Waals surface area (Å²) in [5.74, 6) is 0. The molecule has 0 saturated heterocycles. The van der Waals surface area contributed by atoms with Gasteiger partial charge in [-0.2, -0.15) is 5.10 Å². The molecule has 0 unspecified atom stereocenters. The Kier molecular flexibility index (Phi) is 2.26. The maximum absolute atomic E-state index is 4.51. The van der Waals surface area contributed by atoms with E-state index in [0.29, 0.717) is 0 Å². The second kappa shape index (κ2) is 3.19. The first kappa shape index (κ1) is 9.90. The van der Waals surface area contributed by atoms with E-state index in [1.807, 2.05) is 11.8 Å². The van der Waals surface area contributed by atoms with Crippen molar-refractivity contribution in [2.45, 2.75) is 44.0 Å². The highest BCUT2D eigenvalue weighted by Crippen LogP contribution is 2.42. The molecule has 2 rings (SSSR count). The molecule has 1 N–H and O–H groups in total. The number of aromatic nitrogens is 2. The van der Waals surface area contributed by atoms with Crippen molar-refractivity contribution in [3.8, 4) is 0 Å². The fraction of sp³-hybridized carbons (Fsp3) is 0.700. The van der Waals surface area contributed by atoms with Crippen LogP contribution in [0.15, 0.2) is 5.03 Å². The normalized spacial score (nSPS) is 18.9. The largest absolute Gasteiger partial charge is 0.380 e. The fourth-order valence-electron chi connectivity index (χ4n) is 1.68. The van der Waals surface area contributed by atoms with Crippen LogP contribution in [0.4, 0.5) is 5.69 Å². The van der Waals surface area contributed by atoms with Crippen LogP contribution < -0.4 is 5.32 Å². The van der Waals surface area contributed by atoms with Gasteiger partial charge in [0.15, 0.2) is 0 Å². The third-order valence-corrected chi connectivity index (χ3v) is 3.75. The molecule has 2 heterocycles. The van der Waals surface area contributed by atoms with Crippen molar-refractivity contribution in [2.24, 2.45) is 0 Å². The molecule has 1 aromatic heterocycles. The van der Waals surface area contributed by atoms with Crippen LogP contribution in [-0.2, 0) is 6.54 Å². The zero-order valence-electron chi connectivity index (χ0n) is 9.22. The van der Waals surface area contributed by atoms with Crippen molar-refractivity contribution >= 4 is 17.4 Å². The van der Waals surface area contributed by atoms with Gasteiger partial charge in [0.25, 0.3) is 0 Å². The summed E-state index contributed by atoms with van der Waals surface area (Å²) in [5, 5.41) is 9.27. The highest BCUT2D eigenvalue weighted by molar-refractivity contribution is 8.00. The molecule has 0 amide bonds. The van der Waals surface area contributed by atoms with E-state index in [1.54, 1.807) is 0 Å². The van der Waals surface area contributed by atoms with E-state index in [1.165, 1.54) is 10.7 Å². The van der Waals surface area contributed by atoms with E-state index >= 15 is 0 Å². The number of fused-ring (bicyclic) bond motifs is 1. The van der Waals surface area contributed by atoms with Crippen LogP contribution in [0.1, 0.15) is 26.5 Å². The van der Waals surface area contributed by atoms with Crippen molar-refractivity contribution in [3.63, 3.8) is 0 Å². The van der Waals surface area contributed by atoms with E-state index in [9.17, 15) is 0 Å². The Morgan fingerprint density at radius 2 is 2.29 bits per heavy atom. The Morgan fingerprint density at radius 3 is 2.93 bits per heavy atom. The highest BCUT2D eigenvalue weighted by atomic mass is 32.2. The standard InChI is InChI=1S/C10H17N3S/c1-5-13-9-8(7(2)12-13)11-6-10(3,4)14-9/h11H,5-6H2,1-4H3. The lowest BCUT2D eigenvalue weighted by Crippen LogP contribution is -2.30. The van der Waals surface area contributed by atoms with Gasteiger partial charge in [0.2, 0.25) is 0 Å². The number of anilines is 1. The molecule has 0 saturated carbocycles. The van der Waals surface area contributed by atoms with Crippen molar-refractivity contribution < 1.29 is 0 Å². The molecule has 3 nitrogen and oxygen atoms in total. The van der Waals surface area contributed by atoms with Gasteiger partial charge in [-0.05, 0) is 27.7 Å². The lowest BCUT2D eigenvalue weighted by Gasteiger charge is -2.30. The van der Waals surface area contributed by atoms with Gasteiger partial charge in [-0.25, -0.2) is 0 Å². The zero-order chi connectivity index (χ0) is 10.3. The summed E-state index contributed by atoms with van der Waals surface area (Å²) in [5.41, 5.74) is 2.35. The molecule has 0 fully saturated rings. The molecule has 1 aliphatic heterocycles. The topological polar surface area (TPSA) is 29.9 Å². The Hall–Kier alpha value is -0.640. The summed E-state index contributed by atoms with van der Waals surface area (Å²) in [7, 11) is 0. The molecule has 1 aromatic rings. The average Bonchev–Trinajstić information content (AvgIpc) is 2.40. The minimum atomic E-state index is 0.270. The van der Waals surface area contributed by atoms with Crippen LogP contribution in [-0.4, -0.2) is 21.1 Å². The second-order valence-electron chi connectivity index (χ2n) is 4.30. The maximum Gasteiger partial charge on any atom is 0.118 e.